The number of benzene rings is 2. The van der Waals surface area contributed by atoms with E-state index in [-0.39, 0.29) is 11.4 Å². The van der Waals surface area contributed by atoms with Crippen LogP contribution >= 0.6 is 0 Å². The summed E-state index contributed by atoms with van der Waals surface area (Å²) in [6.45, 7) is 5.68. The fraction of sp³-hybridized carbons (Fsp3) is 0.400. The van der Waals surface area contributed by atoms with Crippen molar-refractivity contribution < 1.29 is 23.0 Å². The Morgan fingerprint density at radius 1 is 1.15 bits per heavy atom. The van der Waals surface area contributed by atoms with E-state index >= 15 is 0 Å². The summed E-state index contributed by atoms with van der Waals surface area (Å²) in [6, 6.07) is 12.0. The first kappa shape index (κ1) is 21.2. The van der Waals surface area contributed by atoms with Gasteiger partial charge in [0.05, 0.1) is 24.2 Å². The molecule has 0 aromatic heterocycles. The number of rotatable bonds is 9. The Bertz CT molecular complexity index is 860. The predicted octanol–water partition coefficient (Wildman–Crippen LogP) is 2.67. The summed E-state index contributed by atoms with van der Waals surface area (Å²) in [4.78, 5) is 0.142. The van der Waals surface area contributed by atoms with Gasteiger partial charge < -0.3 is 14.6 Å². The Morgan fingerprint density at radius 3 is 2.37 bits per heavy atom. The zero-order chi connectivity index (χ0) is 20.1. The van der Waals surface area contributed by atoms with Gasteiger partial charge in [-0.25, -0.2) is 13.1 Å². The van der Waals surface area contributed by atoms with Crippen LogP contribution in [0.5, 0.6) is 11.5 Å². The van der Waals surface area contributed by atoms with Crippen LogP contribution in [-0.2, 0) is 16.4 Å². The molecule has 2 N–H and O–H groups in total. The number of nitrogens with one attached hydrogen (secondary N) is 1. The molecule has 0 aliphatic carbocycles. The smallest absolute Gasteiger partial charge is 0.240 e. The van der Waals surface area contributed by atoms with Crippen molar-refractivity contribution in [1.29, 1.82) is 0 Å². The number of methoxy groups -OCH3 is 1. The molecule has 2 rings (SSSR count). The zero-order valence-corrected chi connectivity index (χ0v) is 17.0. The van der Waals surface area contributed by atoms with Crippen molar-refractivity contribution in [1.82, 2.24) is 4.72 Å². The van der Waals surface area contributed by atoms with Crippen LogP contribution in [0.4, 0.5) is 0 Å². The van der Waals surface area contributed by atoms with Crippen LogP contribution in [0.15, 0.2) is 47.4 Å². The van der Waals surface area contributed by atoms with Crippen LogP contribution in [0.1, 0.15) is 25.0 Å². The summed E-state index contributed by atoms with van der Waals surface area (Å²) >= 11 is 0. The molecule has 2 aromatic rings. The second-order valence-corrected chi connectivity index (χ2v) is 8.47. The number of ether oxygens (including phenoxy) is 2. The predicted molar refractivity (Wildman–Crippen MR) is 105 cm³/mol. The van der Waals surface area contributed by atoms with Crippen LogP contribution in [0, 0.1) is 6.92 Å². The monoisotopic (exact) mass is 393 g/mol. The molecule has 0 heterocycles. The first-order valence-corrected chi connectivity index (χ1v) is 10.2. The normalized spacial score (nSPS) is 13.8. The SMILES string of the molecule is CCOc1ccc(S(=O)(=O)NCC(C)(O)Cc2ccc(OC)cc2)cc1C. The Labute approximate surface area is 161 Å². The molecule has 27 heavy (non-hydrogen) atoms. The molecule has 1 unspecified atom stereocenters. The van der Waals surface area contributed by atoms with Gasteiger partial charge in [-0.15, -0.1) is 0 Å². The van der Waals surface area contributed by atoms with E-state index in [1.54, 1.807) is 45.2 Å². The third-order valence-corrected chi connectivity index (χ3v) is 5.54. The summed E-state index contributed by atoms with van der Waals surface area (Å²) in [5.74, 6) is 1.38. The summed E-state index contributed by atoms with van der Waals surface area (Å²) in [5, 5.41) is 10.6. The third-order valence-electron chi connectivity index (χ3n) is 4.14. The molecular weight excluding hydrogens is 366 g/mol. The first-order valence-electron chi connectivity index (χ1n) is 8.75. The van der Waals surface area contributed by atoms with Crippen LogP contribution in [-0.4, -0.2) is 39.4 Å². The summed E-state index contributed by atoms with van der Waals surface area (Å²) in [7, 11) is -2.15. The van der Waals surface area contributed by atoms with Crippen molar-refractivity contribution in [3.8, 4) is 11.5 Å². The molecule has 1 atom stereocenters. The van der Waals surface area contributed by atoms with Crippen molar-refractivity contribution >= 4 is 10.0 Å². The van der Waals surface area contributed by atoms with Crippen molar-refractivity contribution in [3.63, 3.8) is 0 Å². The van der Waals surface area contributed by atoms with E-state index in [1.807, 2.05) is 19.1 Å². The second kappa shape index (κ2) is 8.73. The number of aliphatic hydroxyl groups is 1. The van der Waals surface area contributed by atoms with Crippen molar-refractivity contribution in [2.75, 3.05) is 20.3 Å². The molecule has 2 aromatic carbocycles. The molecule has 0 bridgehead atoms. The van der Waals surface area contributed by atoms with E-state index in [2.05, 4.69) is 4.72 Å². The highest BCUT2D eigenvalue weighted by atomic mass is 32.2. The maximum Gasteiger partial charge on any atom is 0.240 e. The van der Waals surface area contributed by atoms with Crippen molar-refractivity contribution in [2.45, 2.75) is 37.7 Å². The maximum atomic E-state index is 12.6. The molecule has 0 aliphatic heterocycles. The lowest BCUT2D eigenvalue weighted by Gasteiger charge is -2.24. The quantitative estimate of drug-likeness (QED) is 0.684. The van der Waals surface area contributed by atoms with Crippen LogP contribution in [0.2, 0.25) is 0 Å². The summed E-state index contributed by atoms with van der Waals surface area (Å²) < 4.78 is 38.2. The van der Waals surface area contributed by atoms with Crippen LogP contribution in [0.3, 0.4) is 0 Å². The van der Waals surface area contributed by atoms with Crippen molar-refractivity contribution in [3.05, 3.63) is 53.6 Å². The Balaban J connectivity index is 2.05. The molecule has 0 amide bonds. The molecule has 0 saturated heterocycles. The minimum Gasteiger partial charge on any atom is -0.497 e. The van der Waals surface area contributed by atoms with Gasteiger partial charge in [0, 0.05) is 13.0 Å². The van der Waals surface area contributed by atoms with Gasteiger partial charge in [0.2, 0.25) is 10.0 Å². The molecule has 0 fully saturated rings. The highest BCUT2D eigenvalue weighted by molar-refractivity contribution is 7.89. The molecule has 0 spiro atoms. The van der Waals surface area contributed by atoms with Gasteiger partial charge in [-0.2, -0.15) is 0 Å². The van der Waals surface area contributed by atoms with Gasteiger partial charge in [-0.3, -0.25) is 0 Å². The lowest BCUT2D eigenvalue weighted by molar-refractivity contribution is 0.0657. The first-order chi connectivity index (χ1) is 12.7. The largest absolute Gasteiger partial charge is 0.497 e. The lowest BCUT2D eigenvalue weighted by Crippen LogP contribution is -2.42. The van der Waals surface area contributed by atoms with Gasteiger partial charge in [-0.05, 0) is 62.2 Å². The molecule has 7 heteroatoms. The molecule has 148 valence electrons. The summed E-state index contributed by atoms with van der Waals surface area (Å²) in [5.41, 5.74) is 0.392. The molecule has 0 aliphatic rings. The number of sulfonamides is 1. The fourth-order valence-corrected chi connectivity index (χ4v) is 3.93. The minimum absolute atomic E-state index is 0.104. The molecule has 0 saturated carbocycles. The number of hydrogen-bond acceptors (Lipinski definition) is 5. The van der Waals surface area contributed by atoms with Gasteiger partial charge in [0.1, 0.15) is 11.5 Å². The Kier molecular flexibility index (Phi) is 6.86. The standard InChI is InChI=1S/C20H27NO5S/c1-5-26-19-11-10-18(12-15(19)2)27(23,24)21-14-20(3,22)13-16-6-8-17(25-4)9-7-16/h6-12,21-22H,5,13-14H2,1-4H3. The molecule has 6 nitrogen and oxygen atoms in total. The van der Waals surface area contributed by atoms with E-state index in [9.17, 15) is 13.5 Å². The Hall–Kier alpha value is -2.09. The zero-order valence-electron chi connectivity index (χ0n) is 16.2. The molecular formula is C20H27NO5S. The van der Waals surface area contributed by atoms with E-state index < -0.39 is 15.6 Å². The minimum atomic E-state index is -3.74. The van der Waals surface area contributed by atoms with Gasteiger partial charge in [-0.1, -0.05) is 12.1 Å². The average molecular weight is 394 g/mol. The van der Waals surface area contributed by atoms with Crippen molar-refractivity contribution in [2.24, 2.45) is 0 Å². The lowest BCUT2D eigenvalue weighted by atomic mass is 9.97. The molecule has 0 radical (unpaired) electrons. The topological polar surface area (TPSA) is 84.9 Å². The fourth-order valence-electron chi connectivity index (χ4n) is 2.69. The van der Waals surface area contributed by atoms with Gasteiger partial charge in [0.15, 0.2) is 0 Å². The van der Waals surface area contributed by atoms with E-state index in [0.717, 1.165) is 16.9 Å². The number of hydrogen-bond donors (Lipinski definition) is 2. The van der Waals surface area contributed by atoms with E-state index in [1.165, 1.54) is 6.07 Å². The highest BCUT2D eigenvalue weighted by Crippen LogP contribution is 2.22. The van der Waals surface area contributed by atoms with Crippen LogP contribution in [0.25, 0.3) is 0 Å². The summed E-state index contributed by atoms with van der Waals surface area (Å²) in [6.07, 6.45) is 0.307. The average Bonchev–Trinajstić information content (AvgIpc) is 2.62. The Morgan fingerprint density at radius 2 is 1.81 bits per heavy atom. The number of aryl methyl sites for hydroxylation is 1. The van der Waals surface area contributed by atoms with E-state index in [4.69, 9.17) is 9.47 Å². The van der Waals surface area contributed by atoms with E-state index in [0.29, 0.717) is 18.8 Å². The highest BCUT2D eigenvalue weighted by Gasteiger charge is 2.25. The second-order valence-electron chi connectivity index (χ2n) is 6.71. The van der Waals surface area contributed by atoms with Gasteiger partial charge in [0.25, 0.3) is 0 Å². The van der Waals surface area contributed by atoms with Crippen LogP contribution < -0.4 is 14.2 Å². The third kappa shape index (κ3) is 5.95. The van der Waals surface area contributed by atoms with Gasteiger partial charge >= 0.3 is 0 Å². The maximum absolute atomic E-state index is 12.6.